The third-order valence-corrected chi connectivity index (χ3v) is 3.02. The van der Waals surface area contributed by atoms with Crippen molar-refractivity contribution in [3.63, 3.8) is 0 Å². The van der Waals surface area contributed by atoms with Gasteiger partial charge in [-0.3, -0.25) is 29.0 Å². The van der Waals surface area contributed by atoms with Gasteiger partial charge >= 0.3 is 0 Å². The average molecular weight is 284 g/mol. The fourth-order valence-electron chi connectivity index (χ4n) is 2.23. The molecule has 0 fully saturated rings. The first-order valence-corrected chi connectivity index (χ1v) is 6.84. The van der Waals surface area contributed by atoms with E-state index in [1.54, 1.807) is 0 Å². The number of rotatable bonds is 6. The largest absolute Gasteiger partial charge is 0.275 e. The van der Waals surface area contributed by atoms with Crippen LogP contribution >= 0.6 is 0 Å². The zero-order chi connectivity index (χ0) is 15.9. The molecule has 0 aliphatic heterocycles. The molecule has 0 unspecified atom stereocenters. The molecular formula is C14H24N2O4. The van der Waals surface area contributed by atoms with Crippen molar-refractivity contribution in [3.8, 4) is 0 Å². The van der Waals surface area contributed by atoms with Crippen molar-refractivity contribution in [2.45, 2.75) is 66.5 Å². The molecule has 0 rings (SSSR count). The Labute approximate surface area is 120 Å². The molecule has 0 saturated heterocycles. The summed E-state index contributed by atoms with van der Waals surface area (Å²) in [4.78, 5) is 48.6. The van der Waals surface area contributed by atoms with Gasteiger partial charge in [0.2, 0.25) is 23.6 Å². The highest BCUT2D eigenvalue weighted by Crippen LogP contribution is 2.16. The first-order chi connectivity index (χ1) is 9.23. The van der Waals surface area contributed by atoms with E-state index < -0.39 is 29.8 Å². The van der Waals surface area contributed by atoms with Crippen LogP contribution in [0.4, 0.5) is 0 Å². The van der Waals surface area contributed by atoms with E-state index in [1.807, 2.05) is 6.92 Å². The smallest absolute Gasteiger partial charge is 0.227 e. The summed E-state index contributed by atoms with van der Waals surface area (Å²) in [5, 5.41) is 0. The lowest BCUT2D eigenvalue weighted by Gasteiger charge is -2.35. The first kappa shape index (κ1) is 18.3. The van der Waals surface area contributed by atoms with Crippen molar-refractivity contribution in [1.29, 1.82) is 0 Å². The normalized spacial score (nSPS) is 10.3. The van der Waals surface area contributed by atoms with Crippen LogP contribution in [0.1, 0.15) is 60.3 Å². The third-order valence-electron chi connectivity index (χ3n) is 3.02. The Bertz CT molecular complexity index is 333. The molecule has 0 atom stereocenters. The Hall–Kier alpha value is -1.72. The lowest BCUT2D eigenvalue weighted by molar-refractivity contribution is -0.158. The summed E-state index contributed by atoms with van der Waals surface area (Å²) in [5.41, 5.74) is 0. The molecule has 0 aromatic carbocycles. The second-order valence-corrected chi connectivity index (χ2v) is 4.79. The summed E-state index contributed by atoms with van der Waals surface area (Å²) in [5.74, 6) is -1.86. The lowest BCUT2D eigenvalue weighted by Crippen LogP contribution is -2.55. The maximum Gasteiger partial charge on any atom is 0.227 e. The maximum atomic E-state index is 11.7. The van der Waals surface area contributed by atoms with E-state index in [-0.39, 0.29) is 0 Å². The van der Waals surface area contributed by atoms with Gasteiger partial charge in [0.05, 0.1) is 0 Å². The Kier molecular flexibility index (Phi) is 7.72. The standard InChI is InChI=1S/C14H24N2O4/c1-6-7-8-9-14(15(10(2)17)11(3)18)16(12(4)19)13(5)20/h14H,6-9H2,1-5H3. The van der Waals surface area contributed by atoms with Crippen LogP contribution in [0.5, 0.6) is 0 Å². The van der Waals surface area contributed by atoms with E-state index in [1.165, 1.54) is 27.7 Å². The highest BCUT2D eigenvalue weighted by atomic mass is 16.2. The zero-order valence-electron chi connectivity index (χ0n) is 12.9. The van der Waals surface area contributed by atoms with Crippen molar-refractivity contribution in [2.24, 2.45) is 0 Å². The molecule has 0 bridgehead atoms. The molecule has 0 radical (unpaired) electrons. The maximum absolute atomic E-state index is 11.7. The number of hydrogen-bond donors (Lipinski definition) is 0. The van der Waals surface area contributed by atoms with Crippen molar-refractivity contribution >= 4 is 23.6 Å². The monoisotopic (exact) mass is 284 g/mol. The second-order valence-electron chi connectivity index (χ2n) is 4.79. The molecule has 0 aliphatic rings. The van der Waals surface area contributed by atoms with Crippen LogP contribution in [-0.2, 0) is 19.2 Å². The van der Waals surface area contributed by atoms with E-state index >= 15 is 0 Å². The number of amides is 4. The Morgan fingerprint density at radius 1 is 0.750 bits per heavy atom. The summed E-state index contributed by atoms with van der Waals surface area (Å²) in [6.07, 6.45) is 2.18. The van der Waals surface area contributed by atoms with Gasteiger partial charge in [-0.05, 0) is 12.8 Å². The van der Waals surface area contributed by atoms with Crippen LogP contribution in [0, 0.1) is 0 Å². The molecule has 0 saturated carbocycles. The minimum atomic E-state index is -0.827. The Balaban J connectivity index is 5.42. The van der Waals surface area contributed by atoms with E-state index in [0.717, 1.165) is 29.1 Å². The Morgan fingerprint density at radius 3 is 1.35 bits per heavy atom. The fourth-order valence-corrected chi connectivity index (χ4v) is 2.23. The number of hydrogen-bond acceptors (Lipinski definition) is 4. The molecule has 6 nitrogen and oxygen atoms in total. The summed E-state index contributed by atoms with van der Waals surface area (Å²) in [6.45, 7) is 7.05. The second kappa shape index (κ2) is 8.45. The molecule has 0 aromatic heterocycles. The van der Waals surface area contributed by atoms with E-state index in [9.17, 15) is 19.2 Å². The van der Waals surface area contributed by atoms with Crippen LogP contribution in [-0.4, -0.2) is 39.6 Å². The quantitative estimate of drug-likeness (QED) is 0.549. The molecule has 20 heavy (non-hydrogen) atoms. The number of carbonyl (C=O) groups is 4. The van der Waals surface area contributed by atoms with Crippen LogP contribution in [0.25, 0.3) is 0 Å². The predicted molar refractivity (Wildman–Crippen MR) is 74.3 cm³/mol. The van der Waals surface area contributed by atoms with E-state index in [0.29, 0.717) is 6.42 Å². The minimum Gasteiger partial charge on any atom is -0.275 e. The molecule has 0 heterocycles. The fraction of sp³-hybridized carbons (Fsp3) is 0.714. The van der Waals surface area contributed by atoms with Gasteiger partial charge in [0.25, 0.3) is 0 Å². The Morgan fingerprint density at radius 2 is 1.10 bits per heavy atom. The lowest BCUT2D eigenvalue weighted by atomic mass is 10.1. The van der Waals surface area contributed by atoms with Gasteiger partial charge in [0, 0.05) is 27.7 Å². The van der Waals surface area contributed by atoms with Gasteiger partial charge in [-0.25, -0.2) is 0 Å². The molecule has 0 aromatic rings. The van der Waals surface area contributed by atoms with E-state index in [4.69, 9.17) is 0 Å². The van der Waals surface area contributed by atoms with Gasteiger partial charge < -0.3 is 0 Å². The van der Waals surface area contributed by atoms with Gasteiger partial charge in [-0.2, -0.15) is 0 Å². The van der Waals surface area contributed by atoms with Gasteiger partial charge in [0.15, 0.2) is 0 Å². The molecule has 6 heteroatoms. The molecule has 0 N–H and O–H groups in total. The number of carbonyl (C=O) groups excluding carboxylic acids is 4. The minimum absolute atomic E-state index is 0.409. The highest BCUT2D eigenvalue weighted by Gasteiger charge is 2.33. The third kappa shape index (κ3) is 5.11. The number of imide groups is 2. The SMILES string of the molecule is CCCCCC(N(C(C)=O)C(C)=O)N(C(C)=O)C(C)=O. The van der Waals surface area contributed by atoms with Crippen molar-refractivity contribution in [2.75, 3.05) is 0 Å². The van der Waals surface area contributed by atoms with Gasteiger partial charge in [-0.15, -0.1) is 0 Å². The van der Waals surface area contributed by atoms with Crippen molar-refractivity contribution in [1.82, 2.24) is 9.80 Å². The molecule has 0 aliphatic carbocycles. The van der Waals surface area contributed by atoms with Gasteiger partial charge in [0.1, 0.15) is 6.17 Å². The molecule has 0 spiro atoms. The predicted octanol–water partition coefficient (Wildman–Crippen LogP) is 1.68. The molecular weight excluding hydrogens is 260 g/mol. The zero-order valence-corrected chi connectivity index (χ0v) is 12.9. The van der Waals surface area contributed by atoms with Gasteiger partial charge in [-0.1, -0.05) is 19.8 Å². The van der Waals surface area contributed by atoms with Crippen LogP contribution in [0.2, 0.25) is 0 Å². The molecule has 4 amide bonds. The summed E-state index contributed by atoms with van der Waals surface area (Å²) in [6, 6.07) is 0. The summed E-state index contributed by atoms with van der Waals surface area (Å²) < 4.78 is 0. The highest BCUT2D eigenvalue weighted by molar-refractivity contribution is 5.97. The summed E-state index contributed by atoms with van der Waals surface area (Å²) >= 11 is 0. The van der Waals surface area contributed by atoms with Crippen molar-refractivity contribution in [3.05, 3.63) is 0 Å². The van der Waals surface area contributed by atoms with Crippen molar-refractivity contribution < 1.29 is 19.2 Å². The van der Waals surface area contributed by atoms with Crippen LogP contribution < -0.4 is 0 Å². The summed E-state index contributed by atoms with van der Waals surface area (Å²) in [7, 11) is 0. The van der Waals surface area contributed by atoms with Crippen LogP contribution in [0.15, 0.2) is 0 Å². The number of unbranched alkanes of at least 4 members (excludes halogenated alkanes) is 2. The van der Waals surface area contributed by atoms with E-state index in [2.05, 4.69) is 0 Å². The number of nitrogens with zero attached hydrogens (tertiary/aromatic N) is 2. The average Bonchev–Trinajstić information content (AvgIpc) is 2.26. The van der Waals surface area contributed by atoms with Crippen LogP contribution in [0.3, 0.4) is 0 Å². The topological polar surface area (TPSA) is 74.8 Å². The molecule has 114 valence electrons. The first-order valence-electron chi connectivity index (χ1n) is 6.84.